The van der Waals surface area contributed by atoms with Gasteiger partial charge < -0.3 is 44.0 Å². The fourth-order valence-electron chi connectivity index (χ4n) is 4.43. The van der Waals surface area contributed by atoms with Gasteiger partial charge in [-0.25, -0.2) is 0 Å². The molecule has 12 N–H and O–H groups in total. The van der Waals surface area contributed by atoms with Crippen molar-refractivity contribution in [3.8, 4) is 0 Å². The Bertz CT molecular complexity index is 781. The Labute approximate surface area is 218 Å². The SMILES string of the molecule is CC(=O)[C@H](CCN)NC(=O)[C@@H](NC(=O)[C@H](CCCN=C(N)N)NC(=O)CC(N)C1CCCCC1)C(C)O. The number of Topliss-reactive ketones (excluding diaryl/α,β-unsaturated/α-hetero) is 1. The third-order valence-electron chi connectivity index (χ3n) is 6.60. The summed E-state index contributed by atoms with van der Waals surface area (Å²) in [6.45, 7) is 3.06. The number of rotatable bonds is 16. The van der Waals surface area contributed by atoms with E-state index < -0.39 is 36.0 Å². The molecule has 1 aliphatic carbocycles. The van der Waals surface area contributed by atoms with E-state index in [2.05, 4.69) is 20.9 Å². The Morgan fingerprint density at radius 1 is 0.973 bits per heavy atom. The van der Waals surface area contributed by atoms with Crippen molar-refractivity contribution in [3.63, 3.8) is 0 Å². The van der Waals surface area contributed by atoms with Gasteiger partial charge in [0.05, 0.1) is 12.1 Å². The number of hydrogen-bond donors (Lipinski definition) is 8. The number of carbonyl (C=O) groups excluding carboxylic acids is 4. The van der Waals surface area contributed by atoms with Crippen LogP contribution in [0.15, 0.2) is 4.99 Å². The molecule has 1 rings (SSSR count). The Morgan fingerprint density at radius 2 is 1.62 bits per heavy atom. The molecule has 37 heavy (non-hydrogen) atoms. The topological polar surface area (TPSA) is 241 Å². The Morgan fingerprint density at radius 3 is 2.16 bits per heavy atom. The van der Waals surface area contributed by atoms with E-state index in [0.717, 1.165) is 25.7 Å². The van der Waals surface area contributed by atoms with Gasteiger partial charge in [0.1, 0.15) is 12.1 Å². The normalized spacial score (nSPS) is 18.0. The summed E-state index contributed by atoms with van der Waals surface area (Å²) in [4.78, 5) is 54.4. The molecule has 1 saturated carbocycles. The zero-order valence-electron chi connectivity index (χ0n) is 22.1. The van der Waals surface area contributed by atoms with Crippen molar-refractivity contribution in [2.75, 3.05) is 13.1 Å². The van der Waals surface area contributed by atoms with Crippen LogP contribution >= 0.6 is 0 Å². The fraction of sp³-hybridized carbons (Fsp3) is 0.792. The number of hydrogen-bond acceptors (Lipinski definition) is 8. The zero-order chi connectivity index (χ0) is 28.0. The Hall–Kier alpha value is -2.77. The lowest BCUT2D eigenvalue weighted by Crippen LogP contribution is -2.59. The van der Waals surface area contributed by atoms with Crippen LogP contribution in [0, 0.1) is 5.92 Å². The van der Waals surface area contributed by atoms with Crippen LogP contribution in [0.3, 0.4) is 0 Å². The van der Waals surface area contributed by atoms with Crippen LogP contribution in [-0.2, 0) is 19.2 Å². The highest BCUT2D eigenvalue weighted by Crippen LogP contribution is 2.26. The van der Waals surface area contributed by atoms with Gasteiger partial charge in [-0.2, -0.15) is 0 Å². The average molecular weight is 527 g/mol. The molecule has 0 aliphatic heterocycles. The minimum absolute atomic E-state index is 0.0715. The number of nitrogens with two attached hydrogens (primary N) is 4. The molecule has 0 radical (unpaired) electrons. The number of nitrogens with one attached hydrogen (secondary N) is 3. The van der Waals surface area contributed by atoms with Crippen molar-refractivity contribution >= 4 is 29.5 Å². The molecule has 0 saturated heterocycles. The molecule has 5 atom stereocenters. The first-order chi connectivity index (χ1) is 17.5. The molecule has 0 heterocycles. The smallest absolute Gasteiger partial charge is 0.245 e. The van der Waals surface area contributed by atoms with Gasteiger partial charge in [0.25, 0.3) is 0 Å². The highest BCUT2D eigenvalue weighted by Gasteiger charge is 2.32. The van der Waals surface area contributed by atoms with E-state index in [0.29, 0.717) is 6.42 Å². The minimum Gasteiger partial charge on any atom is -0.391 e. The number of aliphatic hydroxyl groups is 1. The maximum Gasteiger partial charge on any atom is 0.245 e. The van der Waals surface area contributed by atoms with Crippen LogP contribution in [0.25, 0.3) is 0 Å². The first-order valence-corrected chi connectivity index (χ1v) is 13.1. The van der Waals surface area contributed by atoms with E-state index in [1.807, 2.05) is 0 Å². The van der Waals surface area contributed by atoms with Gasteiger partial charge in [-0.15, -0.1) is 0 Å². The van der Waals surface area contributed by atoms with Crippen molar-refractivity contribution in [1.29, 1.82) is 0 Å². The molecule has 0 spiro atoms. The minimum atomic E-state index is -1.35. The molecule has 1 aliphatic rings. The number of amides is 3. The van der Waals surface area contributed by atoms with E-state index in [9.17, 15) is 24.3 Å². The summed E-state index contributed by atoms with van der Waals surface area (Å²) in [5.74, 6) is -1.90. The Kier molecular flexibility index (Phi) is 14.7. The van der Waals surface area contributed by atoms with E-state index in [1.54, 1.807) is 0 Å². The van der Waals surface area contributed by atoms with E-state index in [1.165, 1.54) is 20.3 Å². The molecule has 13 nitrogen and oxygen atoms in total. The molecule has 2 unspecified atom stereocenters. The number of guanidine groups is 1. The van der Waals surface area contributed by atoms with Crippen LogP contribution in [0.4, 0.5) is 0 Å². The van der Waals surface area contributed by atoms with Crippen LogP contribution in [0.2, 0.25) is 0 Å². The second kappa shape index (κ2) is 16.9. The summed E-state index contributed by atoms with van der Waals surface area (Å²) < 4.78 is 0. The monoisotopic (exact) mass is 526 g/mol. The number of carbonyl (C=O) groups is 4. The zero-order valence-corrected chi connectivity index (χ0v) is 22.1. The van der Waals surface area contributed by atoms with Crippen molar-refractivity contribution in [2.45, 2.75) is 102 Å². The lowest BCUT2D eigenvalue weighted by atomic mass is 9.83. The van der Waals surface area contributed by atoms with Gasteiger partial charge in [-0.1, -0.05) is 19.3 Å². The van der Waals surface area contributed by atoms with E-state index in [-0.39, 0.29) is 62.0 Å². The molecule has 0 aromatic heterocycles. The summed E-state index contributed by atoms with van der Waals surface area (Å²) in [7, 11) is 0. The number of aliphatic hydroxyl groups excluding tert-OH is 1. The van der Waals surface area contributed by atoms with Crippen molar-refractivity contribution in [1.82, 2.24) is 16.0 Å². The predicted octanol–water partition coefficient (Wildman–Crippen LogP) is -1.89. The Balaban J connectivity index is 2.90. The molecule has 0 bridgehead atoms. The quantitative estimate of drug-likeness (QED) is 0.0636. The second-order valence-electron chi connectivity index (χ2n) is 9.81. The number of nitrogens with zero attached hydrogens (tertiary/aromatic N) is 1. The molecule has 0 aromatic carbocycles. The standard InChI is InChI=1S/C24H46N8O5/c1-14(33)18(10-11-25)31-23(37)21(15(2)34)32-22(36)19(9-6-12-29-24(27)28)30-20(35)13-17(26)16-7-4-3-5-8-16/h15-19,21,34H,3-13,25-26H2,1-2H3,(H,30,35)(H,31,37)(H,32,36)(H4,27,28,29)/t15?,17?,18-,19-,21-/m0/s1. The summed E-state index contributed by atoms with van der Waals surface area (Å²) in [6, 6.07) is -3.52. The summed E-state index contributed by atoms with van der Waals surface area (Å²) in [5.41, 5.74) is 22.5. The summed E-state index contributed by atoms with van der Waals surface area (Å²) in [5, 5.41) is 17.9. The van der Waals surface area contributed by atoms with Crippen LogP contribution in [0.1, 0.15) is 71.6 Å². The third kappa shape index (κ3) is 12.3. The fourth-order valence-corrected chi connectivity index (χ4v) is 4.43. The van der Waals surface area contributed by atoms with Crippen molar-refractivity contribution in [2.24, 2.45) is 33.8 Å². The predicted molar refractivity (Wildman–Crippen MR) is 141 cm³/mol. The van der Waals surface area contributed by atoms with Crippen LogP contribution in [0.5, 0.6) is 0 Å². The molecule has 3 amide bonds. The van der Waals surface area contributed by atoms with E-state index in [4.69, 9.17) is 22.9 Å². The first-order valence-electron chi connectivity index (χ1n) is 13.1. The molecular formula is C24H46N8O5. The lowest BCUT2D eigenvalue weighted by molar-refractivity contribution is -0.135. The van der Waals surface area contributed by atoms with Gasteiger partial charge in [0.15, 0.2) is 11.7 Å². The van der Waals surface area contributed by atoms with Crippen LogP contribution in [-0.4, -0.2) is 77.9 Å². The summed E-state index contributed by atoms with van der Waals surface area (Å²) in [6.07, 6.45) is 4.89. The largest absolute Gasteiger partial charge is 0.391 e. The van der Waals surface area contributed by atoms with Gasteiger partial charge in [-0.05, 0) is 58.4 Å². The van der Waals surface area contributed by atoms with Crippen molar-refractivity contribution < 1.29 is 24.3 Å². The van der Waals surface area contributed by atoms with Gasteiger partial charge in [0.2, 0.25) is 17.7 Å². The average Bonchev–Trinajstić information content (AvgIpc) is 2.83. The summed E-state index contributed by atoms with van der Waals surface area (Å²) >= 11 is 0. The van der Waals surface area contributed by atoms with Gasteiger partial charge in [0, 0.05) is 19.0 Å². The maximum atomic E-state index is 13.1. The van der Waals surface area contributed by atoms with Crippen LogP contribution < -0.4 is 38.9 Å². The molecule has 1 fully saturated rings. The highest BCUT2D eigenvalue weighted by atomic mass is 16.3. The molecule has 212 valence electrons. The molecule has 0 aromatic rings. The molecule has 13 heteroatoms. The second-order valence-corrected chi connectivity index (χ2v) is 9.81. The number of aliphatic imine (C=N–C) groups is 1. The van der Waals surface area contributed by atoms with Gasteiger partial charge in [-0.3, -0.25) is 24.2 Å². The van der Waals surface area contributed by atoms with Gasteiger partial charge >= 0.3 is 0 Å². The highest BCUT2D eigenvalue weighted by molar-refractivity contribution is 5.94. The molecular weight excluding hydrogens is 480 g/mol. The van der Waals surface area contributed by atoms with Crippen molar-refractivity contribution in [3.05, 3.63) is 0 Å². The maximum absolute atomic E-state index is 13.1. The first kappa shape index (κ1) is 32.3. The number of ketones is 1. The third-order valence-corrected chi connectivity index (χ3v) is 6.60. The lowest BCUT2D eigenvalue weighted by Gasteiger charge is -2.28. The van der Waals surface area contributed by atoms with E-state index >= 15 is 0 Å².